The molecule has 2 aromatic carbocycles. The molecule has 1 heterocycles. The number of benzene rings is 2. The van der Waals surface area contributed by atoms with Crippen molar-refractivity contribution in [2.75, 3.05) is 0 Å². The van der Waals surface area contributed by atoms with Crippen molar-refractivity contribution >= 4 is 22.9 Å². The molecule has 21 heavy (non-hydrogen) atoms. The van der Waals surface area contributed by atoms with Crippen molar-refractivity contribution in [3.63, 3.8) is 0 Å². The van der Waals surface area contributed by atoms with Gasteiger partial charge in [-0.1, -0.05) is 30.3 Å². The van der Waals surface area contributed by atoms with Crippen LogP contribution in [0, 0.1) is 0 Å². The largest absolute Gasteiger partial charge is 0.289 e. The molecule has 1 aliphatic rings. The molecule has 0 saturated carbocycles. The van der Waals surface area contributed by atoms with Crippen LogP contribution in [0.25, 0.3) is 17.1 Å². The highest BCUT2D eigenvalue weighted by Gasteiger charge is 2.23. The number of nitrogens with zero attached hydrogens (tertiary/aromatic N) is 2. The Morgan fingerprint density at radius 1 is 0.952 bits per heavy atom. The molecule has 3 nitrogen and oxygen atoms in total. The van der Waals surface area contributed by atoms with Crippen LogP contribution in [0.15, 0.2) is 60.4 Å². The third kappa shape index (κ3) is 2.03. The van der Waals surface area contributed by atoms with E-state index in [0.29, 0.717) is 6.42 Å². The first-order valence-electron chi connectivity index (χ1n) is 6.85. The van der Waals surface area contributed by atoms with Crippen LogP contribution < -0.4 is 0 Å². The number of ketones is 1. The van der Waals surface area contributed by atoms with Crippen LogP contribution in [0.3, 0.4) is 0 Å². The Morgan fingerprint density at radius 2 is 1.76 bits per heavy atom. The normalized spacial score (nSPS) is 15.6. The fourth-order valence-corrected chi connectivity index (χ4v) is 2.74. The van der Waals surface area contributed by atoms with E-state index in [9.17, 15) is 4.79 Å². The van der Waals surface area contributed by atoms with Gasteiger partial charge in [0.1, 0.15) is 0 Å². The van der Waals surface area contributed by atoms with Crippen molar-refractivity contribution in [3.05, 3.63) is 77.1 Å². The predicted octanol–water partition coefficient (Wildman–Crippen LogP) is 3.45. The lowest BCUT2D eigenvalue weighted by atomic mass is 10.1. The summed E-state index contributed by atoms with van der Waals surface area (Å²) in [7, 11) is 0. The number of hydrogen-bond donors (Lipinski definition) is 0. The summed E-state index contributed by atoms with van der Waals surface area (Å²) in [6.45, 7) is 0. The zero-order valence-electron chi connectivity index (χ0n) is 11.3. The number of Topliss-reactive ketones (excluding diaryl/α,β-unsaturated/α-hetero) is 1. The zero-order valence-corrected chi connectivity index (χ0v) is 11.3. The highest BCUT2D eigenvalue weighted by molar-refractivity contribution is 6.15. The van der Waals surface area contributed by atoms with E-state index in [0.717, 1.165) is 33.3 Å². The summed E-state index contributed by atoms with van der Waals surface area (Å²) < 4.78 is 0. The van der Waals surface area contributed by atoms with Gasteiger partial charge < -0.3 is 0 Å². The molecular weight excluding hydrogens is 260 g/mol. The van der Waals surface area contributed by atoms with E-state index >= 15 is 0 Å². The molecule has 3 aromatic rings. The molecule has 0 radical (unpaired) electrons. The molecular formula is C18H12N2O. The molecule has 0 N–H and O–H groups in total. The van der Waals surface area contributed by atoms with Crippen molar-refractivity contribution < 1.29 is 4.79 Å². The highest BCUT2D eigenvalue weighted by atomic mass is 16.1. The monoisotopic (exact) mass is 272 g/mol. The van der Waals surface area contributed by atoms with Crippen molar-refractivity contribution in [2.24, 2.45) is 0 Å². The van der Waals surface area contributed by atoms with E-state index in [1.807, 2.05) is 48.5 Å². The minimum absolute atomic E-state index is 0.129. The fraction of sp³-hybridized carbons (Fsp3) is 0.0556. The Morgan fingerprint density at radius 3 is 2.62 bits per heavy atom. The molecule has 4 rings (SSSR count). The standard InChI is InChI=1S/C18H12N2O/c21-18-14(11-13-3-1-2-4-15(13)18)9-12-5-6-16-17(10-12)20-8-7-19-16/h1-10H,11H2/b14-9+. The second kappa shape index (κ2) is 4.63. The van der Waals surface area contributed by atoms with Crippen molar-refractivity contribution in [3.8, 4) is 0 Å². The zero-order chi connectivity index (χ0) is 14.2. The fourth-order valence-electron chi connectivity index (χ4n) is 2.74. The lowest BCUT2D eigenvalue weighted by Gasteiger charge is -1.99. The number of carbonyl (C=O) groups is 1. The van der Waals surface area contributed by atoms with Gasteiger partial charge in [-0.25, -0.2) is 0 Å². The molecule has 3 heteroatoms. The van der Waals surface area contributed by atoms with Gasteiger partial charge >= 0.3 is 0 Å². The van der Waals surface area contributed by atoms with E-state index in [1.54, 1.807) is 12.4 Å². The van der Waals surface area contributed by atoms with Crippen LogP contribution >= 0.6 is 0 Å². The summed E-state index contributed by atoms with van der Waals surface area (Å²) >= 11 is 0. The molecule has 0 bridgehead atoms. The Kier molecular flexibility index (Phi) is 2.64. The number of allylic oxidation sites excluding steroid dienone is 1. The smallest absolute Gasteiger partial charge is 0.189 e. The molecule has 1 aromatic heterocycles. The van der Waals surface area contributed by atoms with Gasteiger partial charge in [-0.2, -0.15) is 0 Å². The number of aromatic nitrogens is 2. The summed E-state index contributed by atoms with van der Waals surface area (Å²) in [5, 5.41) is 0. The second-order valence-corrected chi connectivity index (χ2v) is 5.14. The third-order valence-corrected chi connectivity index (χ3v) is 3.77. The summed E-state index contributed by atoms with van der Waals surface area (Å²) in [5.74, 6) is 0.129. The van der Waals surface area contributed by atoms with Crippen molar-refractivity contribution in [1.29, 1.82) is 0 Å². The SMILES string of the molecule is O=C1/C(=C/c2ccc3nccnc3c2)Cc2ccccc21. The van der Waals surface area contributed by atoms with Crippen LogP contribution in [0.2, 0.25) is 0 Å². The van der Waals surface area contributed by atoms with Crippen LogP contribution in [-0.4, -0.2) is 15.8 Å². The first kappa shape index (κ1) is 12.0. The molecule has 0 fully saturated rings. The number of fused-ring (bicyclic) bond motifs is 2. The van der Waals surface area contributed by atoms with Gasteiger partial charge in [0.05, 0.1) is 11.0 Å². The maximum Gasteiger partial charge on any atom is 0.189 e. The minimum atomic E-state index is 0.129. The predicted molar refractivity (Wildman–Crippen MR) is 82.0 cm³/mol. The van der Waals surface area contributed by atoms with Gasteiger partial charge in [0.15, 0.2) is 5.78 Å². The molecule has 0 aliphatic heterocycles. The van der Waals surface area contributed by atoms with Gasteiger partial charge in [0.25, 0.3) is 0 Å². The molecule has 0 spiro atoms. The molecule has 1 aliphatic carbocycles. The lowest BCUT2D eigenvalue weighted by Crippen LogP contribution is -1.95. The Bertz CT molecular complexity index is 896. The van der Waals surface area contributed by atoms with E-state index in [4.69, 9.17) is 0 Å². The van der Waals surface area contributed by atoms with Gasteiger partial charge in [0, 0.05) is 30.0 Å². The van der Waals surface area contributed by atoms with Gasteiger partial charge in [0.2, 0.25) is 0 Å². The van der Waals surface area contributed by atoms with E-state index in [-0.39, 0.29) is 5.78 Å². The van der Waals surface area contributed by atoms with Crippen LogP contribution in [0.1, 0.15) is 21.5 Å². The Balaban J connectivity index is 1.76. The third-order valence-electron chi connectivity index (χ3n) is 3.77. The van der Waals surface area contributed by atoms with Gasteiger partial charge in [-0.15, -0.1) is 0 Å². The maximum absolute atomic E-state index is 12.4. The quantitative estimate of drug-likeness (QED) is 0.637. The topological polar surface area (TPSA) is 42.9 Å². The average molecular weight is 272 g/mol. The van der Waals surface area contributed by atoms with E-state index < -0.39 is 0 Å². The van der Waals surface area contributed by atoms with Crippen molar-refractivity contribution in [2.45, 2.75) is 6.42 Å². The van der Waals surface area contributed by atoms with Crippen LogP contribution in [0.5, 0.6) is 0 Å². The molecule has 0 atom stereocenters. The first-order chi connectivity index (χ1) is 10.3. The van der Waals surface area contributed by atoms with Gasteiger partial charge in [-0.3, -0.25) is 14.8 Å². The Hall–Kier alpha value is -2.81. The first-order valence-corrected chi connectivity index (χ1v) is 6.85. The van der Waals surface area contributed by atoms with Crippen LogP contribution in [0.4, 0.5) is 0 Å². The van der Waals surface area contributed by atoms with Crippen molar-refractivity contribution in [1.82, 2.24) is 9.97 Å². The highest BCUT2D eigenvalue weighted by Crippen LogP contribution is 2.27. The van der Waals surface area contributed by atoms with E-state index in [2.05, 4.69) is 9.97 Å². The summed E-state index contributed by atoms with van der Waals surface area (Å²) in [6, 6.07) is 13.7. The second-order valence-electron chi connectivity index (χ2n) is 5.14. The summed E-state index contributed by atoms with van der Waals surface area (Å²) in [5.41, 5.74) is 5.45. The Labute approximate surface area is 122 Å². The summed E-state index contributed by atoms with van der Waals surface area (Å²) in [6.07, 6.45) is 6.01. The van der Waals surface area contributed by atoms with Gasteiger partial charge in [-0.05, 0) is 29.3 Å². The average Bonchev–Trinajstić information content (AvgIpc) is 2.84. The molecule has 0 unspecified atom stereocenters. The van der Waals surface area contributed by atoms with E-state index in [1.165, 1.54) is 0 Å². The lowest BCUT2D eigenvalue weighted by molar-refractivity contribution is 0.104. The number of hydrogen-bond acceptors (Lipinski definition) is 3. The minimum Gasteiger partial charge on any atom is -0.289 e. The molecule has 0 amide bonds. The summed E-state index contributed by atoms with van der Waals surface area (Å²) in [4.78, 5) is 20.9. The molecule has 0 saturated heterocycles. The number of carbonyl (C=O) groups excluding carboxylic acids is 1. The number of rotatable bonds is 1. The van der Waals surface area contributed by atoms with Crippen LogP contribution in [-0.2, 0) is 6.42 Å². The molecule has 100 valence electrons. The maximum atomic E-state index is 12.4.